The third-order valence-electron chi connectivity index (χ3n) is 2.40. The van der Waals surface area contributed by atoms with Crippen LogP contribution in [0.25, 0.3) is 0 Å². The molecule has 1 fully saturated rings. The van der Waals surface area contributed by atoms with Gasteiger partial charge in [0.1, 0.15) is 5.60 Å². The Kier molecular flexibility index (Phi) is 7.69. The number of carbonyl (C=O) groups is 1. The van der Waals surface area contributed by atoms with Crippen molar-refractivity contribution >= 4 is 13.1 Å². The molecule has 0 atom stereocenters. The third kappa shape index (κ3) is 8.39. The first-order valence-corrected chi connectivity index (χ1v) is 5.95. The van der Waals surface area contributed by atoms with Gasteiger partial charge in [0.2, 0.25) is 0 Å². The van der Waals surface area contributed by atoms with Crippen LogP contribution in [0.1, 0.15) is 33.6 Å². The van der Waals surface area contributed by atoms with Crippen LogP contribution in [0.5, 0.6) is 0 Å². The molecular weight excluding hydrogens is 285 g/mol. The number of halogens is 3. The molecule has 0 spiro atoms. The first-order valence-electron chi connectivity index (χ1n) is 5.95. The first kappa shape index (κ1) is 19.5. The van der Waals surface area contributed by atoms with Crippen molar-refractivity contribution in [1.29, 1.82) is 0 Å². The minimum absolute atomic E-state index is 0. The third-order valence-corrected chi connectivity index (χ3v) is 2.40. The number of amides is 1. The van der Waals surface area contributed by atoms with Crippen LogP contribution < -0.4 is 51.4 Å². The monoisotopic (exact) mass is 303 g/mol. The Bertz CT molecular complexity index is 353. The van der Waals surface area contributed by atoms with E-state index in [1.54, 1.807) is 20.8 Å². The molecule has 0 N–H and O–H groups in total. The second-order valence-corrected chi connectivity index (χ2v) is 5.46. The number of hydrogen-bond donors (Lipinski definition) is 0. The summed E-state index contributed by atoms with van der Waals surface area (Å²) in [5.74, 6) is 0.344. The van der Waals surface area contributed by atoms with E-state index in [4.69, 9.17) is 4.74 Å². The van der Waals surface area contributed by atoms with E-state index < -0.39 is 18.7 Å². The molecule has 0 saturated carbocycles. The molecule has 1 heterocycles. The molecule has 104 valence electrons. The molecule has 0 aromatic carbocycles. The fourth-order valence-corrected chi connectivity index (χ4v) is 1.79. The topological polar surface area (TPSA) is 29.5 Å². The van der Waals surface area contributed by atoms with Crippen LogP contribution in [-0.2, 0) is 4.74 Å². The Hall–Kier alpha value is 0.501. The van der Waals surface area contributed by atoms with Gasteiger partial charge in [-0.1, -0.05) is 5.57 Å². The van der Waals surface area contributed by atoms with Gasteiger partial charge in [-0.25, -0.2) is 4.79 Å². The van der Waals surface area contributed by atoms with E-state index in [1.807, 2.05) is 0 Å². The van der Waals surface area contributed by atoms with E-state index in [0.29, 0.717) is 25.4 Å². The molecule has 19 heavy (non-hydrogen) atoms. The molecule has 0 aromatic heterocycles. The van der Waals surface area contributed by atoms with Crippen LogP contribution in [-0.4, -0.2) is 36.7 Å². The van der Waals surface area contributed by atoms with Crippen molar-refractivity contribution in [2.75, 3.05) is 13.1 Å². The number of hydrogen-bond acceptors (Lipinski definition) is 2. The van der Waals surface area contributed by atoms with Crippen LogP contribution in [0, 0.1) is 0 Å². The summed E-state index contributed by atoms with van der Waals surface area (Å²) in [5, 5.41) is 0. The van der Waals surface area contributed by atoms with Crippen LogP contribution in [0.2, 0.25) is 0 Å². The molecule has 1 amide bonds. The Balaban J connectivity index is 0.00000324. The van der Waals surface area contributed by atoms with Crippen molar-refractivity contribution in [1.82, 2.24) is 4.90 Å². The molecule has 3 nitrogen and oxygen atoms in total. The van der Waals surface area contributed by atoms with Gasteiger partial charge in [0, 0.05) is 13.1 Å². The molecule has 0 aliphatic carbocycles. The summed E-state index contributed by atoms with van der Waals surface area (Å²) in [5.41, 5.74) is -0.383. The van der Waals surface area contributed by atoms with Gasteiger partial charge < -0.3 is 22.6 Å². The predicted octanol–water partition coefficient (Wildman–Crippen LogP) is 0.334. The number of nitrogens with zero attached hydrogens (tertiary/aromatic N) is 1. The van der Waals surface area contributed by atoms with E-state index >= 15 is 0 Å². The molecular formula is C11H18BF3KNO2. The quantitative estimate of drug-likeness (QED) is 0.654. The zero-order chi connectivity index (χ0) is 14.0. The summed E-state index contributed by atoms with van der Waals surface area (Å²) in [4.78, 5) is 13.0. The zero-order valence-corrected chi connectivity index (χ0v) is 15.0. The van der Waals surface area contributed by atoms with Crippen LogP contribution >= 0.6 is 0 Å². The van der Waals surface area contributed by atoms with Crippen molar-refractivity contribution in [3.63, 3.8) is 0 Å². The van der Waals surface area contributed by atoms with Gasteiger partial charge in [0.05, 0.1) is 0 Å². The van der Waals surface area contributed by atoms with Gasteiger partial charge in [0.15, 0.2) is 0 Å². The normalized spacial score (nSPS) is 19.1. The summed E-state index contributed by atoms with van der Waals surface area (Å²) < 4.78 is 42.0. The van der Waals surface area contributed by atoms with Gasteiger partial charge in [-0.05, 0) is 33.6 Å². The molecule has 0 radical (unpaired) electrons. The number of likely N-dealkylation sites (tertiary alicyclic amines) is 1. The maximum absolute atomic E-state index is 12.3. The van der Waals surface area contributed by atoms with E-state index in [2.05, 4.69) is 0 Å². The second kappa shape index (κ2) is 7.49. The Labute approximate surface area is 154 Å². The molecule has 1 aliphatic rings. The van der Waals surface area contributed by atoms with Gasteiger partial charge in [-0.2, -0.15) is 0 Å². The summed E-state index contributed by atoms with van der Waals surface area (Å²) in [6.07, 6.45) is 0.375. The van der Waals surface area contributed by atoms with Crippen LogP contribution in [0.3, 0.4) is 0 Å². The van der Waals surface area contributed by atoms with Crippen molar-refractivity contribution in [2.24, 2.45) is 0 Å². The van der Waals surface area contributed by atoms with Crippen LogP contribution in [0.4, 0.5) is 17.7 Å². The fraction of sp³-hybridized carbons (Fsp3) is 0.727. The Morgan fingerprint density at radius 2 is 1.95 bits per heavy atom. The Morgan fingerprint density at radius 3 is 2.42 bits per heavy atom. The SMILES string of the molecule is CC(C)(C)OC(=O)N1CCC/C(=C/[B-](F)(F)F)C1.[K+]. The van der Waals surface area contributed by atoms with E-state index in [-0.39, 0.29) is 63.5 Å². The number of carbonyl (C=O) groups excluding carboxylic acids is 1. The van der Waals surface area contributed by atoms with Gasteiger partial charge in [0.25, 0.3) is 0 Å². The van der Waals surface area contributed by atoms with Crippen LogP contribution in [0.15, 0.2) is 11.5 Å². The molecule has 1 aliphatic heterocycles. The molecule has 8 heteroatoms. The van der Waals surface area contributed by atoms with Crippen molar-refractivity contribution in [3.05, 3.63) is 11.5 Å². The van der Waals surface area contributed by atoms with Crippen molar-refractivity contribution in [2.45, 2.75) is 39.2 Å². The number of piperidine rings is 1. The standard InChI is InChI=1S/C11H18BF3NO2.K/c1-11(2,3)18-10(17)16-6-4-5-9(8-16)7-12(13,14)15;/h7H,4-6,8H2,1-3H3;/q-1;+1/b9-7-;. The number of ether oxygens (including phenoxy) is 1. The predicted molar refractivity (Wildman–Crippen MR) is 64.2 cm³/mol. The maximum atomic E-state index is 12.3. The fourth-order valence-electron chi connectivity index (χ4n) is 1.79. The van der Waals surface area contributed by atoms with Gasteiger partial charge >= 0.3 is 64.5 Å². The first-order chi connectivity index (χ1) is 8.07. The second-order valence-electron chi connectivity index (χ2n) is 5.46. The van der Waals surface area contributed by atoms with E-state index in [0.717, 1.165) is 0 Å². The number of rotatable bonds is 1. The average molecular weight is 303 g/mol. The molecule has 0 bridgehead atoms. The van der Waals surface area contributed by atoms with E-state index in [9.17, 15) is 17.7 Å². The maximum Gasteiger partial charge on any atom is 1.00 e. The molecule has 0 aromatic rings. The van der Waals surface area contributed by atoms with Gasteiger partial charge in [-0.3, -0.25) is 0 Å². The van der Waals surface area contributed by atoms with Crippen molar-refractivity contribution in [3.8, 4) is 0 Å². The molecule has 1 saturated heterocycles. The Morgan fingerprint density at radius 1 is 1.37 bits per heavy atom. The zero-order valence-electron chi connectivity index (χ0n) is 11.9. The summed E-state index contributed by atoms with van der Waals surface area (Å²) in [6.45, 7) is 0.688. The smallest absolute Gasteiger partial charge is 0.445 e. The minimum atomic E-state index is -4.94. The molecule has 1 rings (SSSR count). The average Bonchev–Trinajstić information content (AvgIpc) is 2.12. The summed E-state index contributed by atoms with van der Waals surface area (Å²) in [7, 11) is 0. The summed E-state index contributed by atoms with van der Waals surface area (Å²) >= 11 is 0. The van der Waals surface area contributed by atoms with E-state index in [1.165, 1.54) is 4.90 Å². The van der Waals surface area contributed by atoms with Gasteiger partial charge in [-0.15, -0.1) is 5.98 Å². The largest absolute Gasteiger partial charge is 1.00 e. The minimum Gasteiger partial charge on any atom is -0.445 e. The summed E-state index contributed by atoms with van der Waals surface area (Å²) in [6, 6.07) is 0. The molecule has 0 unspecified atom stereocenters. The van der Waals surface area contributed by atoms with Crippen molar-refractivity contribution < 1.29 is 73.9 Å².